The first-order valence-corrected chi connectivity index (χ1v) is 12.2. The van der Waals surface area contributed by atoms with Crippen LogP contribution in [0.15, 0.2) is 66.3 Å². The van der Waals surface area contributed by atoms with E-state index in [0.29, 0.717) is 19.3 Å². The summed E-state index contributed by atoms with van der Waals surface area (Å²) < 4.78 is 17.5. The number of carbonyl (C=O) groups is 2. The van der Waals surface area contributed by atoms with Crippen LogP contribution in [0.25, 0.3) is 0 Å². The molecule has 1 fully saturated rings. The monoisotopic (exact) mass is 466 g/mol. The molecule has 5 heteroatoms. The SMILES string of the molecule is C=C(C)[C@@H]1C/C=C(/C=O)CC[C@H]2O[C@]2(C)CC[C@@H](OC(=O)[C@@H](OC)c2ccccc2)C(=C)CC1. The van der Waals surface area contributed by atoms with Crippen LogP contribution in [0.2, 0.25) is 0 Å². The summed E-state index contributed by atoms with van der Waals surface area (Å²) in [5, 5.41) is 0. The predicted molar refractivity (Wildman–Crippen MR) is 133 cm³/mol. The number of methoxy groups -OCH3 is 1. The standard InChI is InChI=1S/C29H38O5/c1-20(2)23-14-11-21(3)25(33-28(31)27(32-5)24-9-7-6-8-10-24)17-18-29(4)26(34-29)16-13-22(19-30)12-15-23/h6-10,12,19,23,25-27H,1,3,11,13-18H2,2,4-5H3/b22-12+/t23-,25+,26+,27-,29+/m0/s1. The van der Waals surface area contributed by atoms with Crippen molar-refractivity contribution in [3.63, 3.8) is 0 Å². The van der Waals surface area contributed by atoms with Crippen LogP contribution in [-0.2, 0) is 23.8 Å². The van der Waals surface area contributed by atoms with Gasteiger partial charge in [0.1, 0.15) is 12.4 Å². The molecule has 0 radical (unpaired) electrons. The second-order valence-electron chi connectivity index (χ2n) is 9.82. The fraction of sp³-hybridized carbons (Fsp3) is 0.517. The topological polar surface area (TPSA) is 65.1 Å². The number of allylic oxidation sites excluding steroid dienone is 3. The molecular formula is C29H38O5. The van der Waals surface area contributed by atoms with Gasteiger partial charge in [0, 0.05) is 7.11 Å². The van der Waals surface area contributed by atoms with Gasteiger partial charge in [-0.25, -0.2) is 4.79 Å². The number of fused-ring (bicyclic) bond motifs is 1. The van der Waals surface area contributed by atoms with E-state index in [2.05, 4.69) is 20.1 Å². The Hall–Kier alpha value is -2.50. The maximum absolute atomic E-state index is 13.1. The average molecular weight is 467 g/mol. The van der Waals surface area contributed by atoms with Crippen LogP contribution in [0.1, 0.15) is 70.5 Å². The van der Waals surface area contributed by atoms with Crippen molar-refractivity contribution in [2.24, 2.45) is 5.92 Å². The van der Waals surface area contributed by atoms with Crippen molar-refractivity contribution < 1.29 is 23.8 Å². The van der Waals surface area contributed by atoms with E-state index in [4.69, 9.17) is 14.2 Å². The number of epoxide rings is 1. The van der Waals surface area contributed by atoms with E-state index in [-0.39, 0.29) is 17.6 Å². The van der Waals surface area contributed by atoms with Gasteiger partial charge in [0.05, 0.1) is 11.7 Å². The van der Waals surface area contributed by atoms with Gasteiger partial charge in [0.2, 0.25) is 0 Å². The Morgan fingerprint density at radius 1 is 1.21 bits per heavy atom. The van der Waals surface area contributed by atoms with E-state index >= 15 is 0 Å². The third-order valence-corrected chi connectivity index (χ3v) is 7.23. The minimum atomic E-state index is -0.780. The Morgan fingerprint density at radius 2 is 1.94 bits per heavy atom. The molecule has 5 nitrogen and oxygen atoms in total. The zero-order chi connectivity index (χ0) is 24.7. The first kappa shape index (κ1) is 26.1. The highest BCUT2D eigenvalue weighted by atomic mass is 16.6. The summed E-state index contributed by atoms with van der Waals surface area (Å²) in [6, 6.07) is 9.38. The van der Waals surface area contributed by atoms with Gasteiger partial charge in [-0.05, 0) is 81.4 Å². The summed E-state index contributed by atoms with van der Waals surface area (Å²) in [6.07, 6.45) is 7.16. The van der Waals surface area contributed by atoms with Crippen LogP contribution < -0.4 is 0 Å². The summed E-state index contributed by atoms with van der Waals surface area (Å²) in [6.45, 7) is 12.6. The van der Waals surface area contributed by atoms with Crippen molar-refractivity contribution in [1.29, 1.82) is 0 Å². The van der Waals surface area contributed by atoms with Crippen molar-refractivity contribution in [1.82, 2.24) is 0 Å². The lowest BCUT2D eigenvalue weighted by Crippen LogP contribution is -2.27. The van der Waals surface area contributed by atoms with Crippen molar-refractivity contribution in [2.45, 2.75) is 82.7 Å². The largest absolute Gasteiger partial charge is 0.456 e. The Labute approximate surface area is 203 Å². The Morgan fingerprint density at radius 3 is 2.59 bits per heavy atom. The summed E-state index contributed by atoms with van der Waals surface area (Å²) in [5.74, 6) is -0.168. The average Bonchev–Trinajstić information content (AvgIpc) is 3.48. The number of esters is 1. The minimum absolute atomic E-state index is 0.108. The molecule has 1 aliphatic heterocycles. The molecule has 1 aliphatic carbocycles. The maximum Gasteiger partial charge on any atom is 0.340 e. The number of hydrogen-bond acceptors (Lipinski definition) is 5. The first-order chi connectivity index (χ1) is 16.3. The second-order valence-corrected chi connectivity index (χ2v) is 9.82. The normalized spacial score (nSPS) is 30.6. The fourth-order valence-electron chi connectivity index (χ4n) is 4.72. The lowest BCUT2D eigenvalue weighted by atomic mass is 9.87. The molecule has 1 aromatic carbocycles. The van der Waals surface area contributed by atoms with Crippen molar-refractivity contribution in [3.05, 3.63) is 71.8 Å². The molecule has 0 amide bonds. The van der Waals surface area contributed by atoms with Gasteiger partial charge in [0.25, 0.3) is 0 Å². The predicted octanol–water partition coefficient (Wildman–Crippen LogP) is 6.06. The highest BCUT2D eigenvalue weighted by molar-refractivity contribution is 5.77. The Kier molecular flexibility index (Phi) is 9.03. The molecule has 3 rings (SSSR count). The molecular weight excluding hydrogens is 428 g/mol. The summed E-state index contributed by atoms with van der Waals surface area (Å²) in [7, 11) is 1.52. The maximum atomic E-state index is 13.1. The lowest BCUT2D eigenvalue weighted by Gasteiger charge is -2.25. The molecule has 0 bridgehead atoms. The van der Waals surface area contributed by atoms with Crippen LogP contribution in [0.5, 0.6) is 0 Å². The van der Waals surface area contributed by atoms with Gasteiger partial charge in [-0.2, -0.15) is 0 Å². The quantitative estimate of drug-likeness (QED) is 0.221. The molecule has 2 aliphatic rings. The summed E-state index contributed by atoms with van der Waals surface area (Å²) >= 11 is 0. The van der Waals surface area contributed by atoms with Gasteiger partial charge >= 0.3 is 5.97 Å². The van der Waals surface area contributed by atoms with Crippen LogP contribution in [-0.4, -0.2) is 37.2 Å². The molecule has 1 aromatic rings. The molecule has 0 N–H and O–H groups in total. The molecule has 5 atom stereocenters. The minimum Gasteiger partial charge on any atom is -0.456 e. The van der Waals surface area contributed by atoms with E-state index in [0.717, 1.165) is 54.3 Å². The lowest BCUT2D eigenvalue weighted by molar-refractivity contribution is -0.160. The molecule has 0 saturated carbocycles. The number of rotatable bonds is 6. The van der Waals surface area contributed by atoms with Gasteiger partial charge in [-0.1, -0.05) is 55.1 Å². The number of benzene rings is 1. The van der Waals surface area contributed by atoms with Crippen LogP contribution >= 0.6 is 0 Å². The number of aldehydes is 1. The second kappa shape index (κ2) is 11.8. The van der Waals surface area contributed by atoms with Gasteiger partial charge in [0.15, 0.2) is 6.10 Å². The summed E-state index contributed by atoms with van der Waals surface area (Å²) in [5.41, 5.74) is 3.30. The summed E-state index contributed by atoms with van der Waals surface area (Å²) in [4.78, 5) is 24.7. The smallest absolute Gasteiger partial charge is 0.340 e. The number of ether oxygens (including phenoxy) is 3. The van der Waals surface area contributed by atoms with Crippen LogP contribution in [0.4, 0.5) is 0 Å². The number of hydrogen-bond donors (Lipinski definition) is 0. The van der Waals surface area contributed by atoms with E-state index in [1.807, 2.05) is 43.3 Å². The van der Waals surface area contributed by atoms with Crippen molar-refractivity contribution in [3.8, 4) is 0 Å². The zero-order valence-corrected chi connectivity index (χ0v) is 20.8. The van der Waals surface area contributed by atoms with Crippen LogP contribution in [0, 0.1) is 5.92 Å². The van der Waals surface area contributed by atoms with E-state index < -0.39 is 18.2 Å². The highest BCUT2D eigenvalue weighted by Crippen LogP contribution is 2.44. The van der Waals surface area contributed by atoms with E-state index in [9.17, 15) is 9.59 Å². The zero-order valence-electron chi connectivity index (χ0n) is 20.8. The number of carbonyl (C=O) groups excluding carboxylic acids is 2. The van der Waals surface area contributed by atoms with Gasteiger partial charge in [-0.15, -0.1) is 0 Å². The van der Waals surface area contributed by atoms with Crippen molar-refractivity contribution >= 4 is 12.3 Å². The highest BCUT2D eigenvalue weighted by Gasteiger charge is 2.51. The van der Waals surface area contributed by atoms with Gasteiger partial charge in [-0.3, -0.25) is 4.79 Å². The van der Waals surface area contributed by atoms with E-state index in [1.54, 1.807) is 0 Å². The van der Waals surface area contributed by atoms with Crippen LogP contribution in [0.3, 0.4) is 0 Å². The molecule has 34 heavy (non-hydrogen) atoms. The third-order valence-electron chi connectivity index (χ3n) is 7.23. The third kappa shape index (κ3) is 6.77. The fourth-order valence-corrected chi connectivity index (χ4v) is 4.72. The first-order valence-electron chi connectivity index (χ1n) is 12.2. The Balaban J connectivity index is 1.77. The van der Waals surface area contributed by atoms with Crippen molar-refractivity contribution in [2.75, 3.05) is 7.11 Å². The van der Waals surface area contributed by atoms with Gasteiger partial charge < -0.3 is 14.2 Å². The molecule has 1 heterocycles. The van der Waals surface area contributed by atoms with E-state index in [1.165, 1.54) is 7.11 Å². The molecule has 0 unspecified atom stereocenters. The Bertz CT molecular complexity index is 918. The molecule has 0 aromatic heterocycles. The molecule has 184 valence electrons. The molecule has 1 saturated heterocycles. The molecule has 0 spiro atoms.